The maximum atomic E-state index is 11.6. The van der Waals surface area contributed by atoms with Gasteiger partial charge in [0.15, 0.2) is 0 Å². The van der Waals surface area contributed by atoms with Crippen molar-refractivity contribution in [2.24, 2.45) is 0 Å². The minimum atomic E-state index is -0.860. The number of hydrogen-bond acceptors (Lipinski definition) is 8. The summed E-state index contributed by atoms with van der Waals surface area (Å²) in [6, 6.07) is 33.2. The van der Waals surface area contributed by atoms with Gasteiger partial charge in [-0.25, -0.2) is 0 Å². The molecule has 0 fully saturated rings. The van der Waals surface area contributed by atoms with E-state index in [2.05, 4.69) is 79.7 Å². The summed E-state index contributed by atoms with van der Waals surface area (Å²) in [5.74, 6) is -2.53. The maximum Gasteiger partial charge on any atom is 0.307 e. The molecule has 0 bridgehead atoms. The second-order valence-electron chi connectivity index (χ2n) is 12.5. The van der Waals surface area contributed by atoms with Gasteiger partial charge >= 0.3 is 17.9 Å². The SMILES string of the molecule is CCc1ccc(-c2ccc(-c3cc(CCC(=O)O)c(-c4ccc(-c5sc(-c6ccc(-c7ccc(CC(=O)O)cc7)s6)cc5CCC(=O)O)s4)s3)s2)cc1. The molecule has 0 saturated carbocycles. The van der Waals surface area contributed by atoms with E-state index in [1.165, 1.54) is 16.0 Å². The lowest BCUT2D eigenvalue weighted by Gasteiger charge is -2.01. The van der Waals surface area contributed by atoms with E-state index >= 15 is 0 Å². The molecule has 0 aliphatic heterocycles. The standard InChI is InChI=1S/C42H34O6S5/c1-2-24-3-7-26(8-4-24)30-13-15-32(49-30)36-22-28(11-19-38(43)44)41(52-36)34-17-18-35(51-34)42-29(12-20-39(45)46)23-37(53-42)33-16-14-31(50-33)27-9-5-25(6-10-27)21-40(47)48/h3-10,13-18,22-23H,2,11-12,19-21H2,1H3,(H,43,44)(H,45,46)(H,47,48). The maximum absolute atomic E-state index is 11.6. The Morgan fingerprint density at radius 1 is 0.453 bits per heavy atom. The average molecular weight is 795 g/mol. The van der Waals surface area contributed by atoms with E-state index in [9.17, 15) is 24.6 Å². The van der Waals surface area contributed by atoms with Gasteiger partial charge in [-0.2, -0.15) is 0 Å². The Morgan fingerprint density at radius 3 is 1.26 bits per heavy atom. The average Bonchev–Trinajstić information content (AvgIpc) is 3.99. The summed E-state index contributed by atoms with van der Waals surface area (Å²) in [5, 5.41) is 28.2. The summed E-state index contributed by atoms with van der Waals surface area (Å²) in [5.41, 5.74) is 6.26. The fourth-order valence-corrected chi connectivity index (χ4v) is 12.0. The fourth-order valence-electron chi connectivity index (χ4n) is 6.07. The van der Waals surface area contributed by atoms with Gasteiger partial charge in [-0.3, -0.25) is 14.4 Å². The van der Waals surface area contributed by atoms with E-state index in [-0.39, 0.29) is 19.3 Å². The predicted molar refractivity (Wildman–Crippen MR) is 221 cm³/mol. The topological polar surface area (TPSA) is 112 Å². The summed E-state index contributed by atoms with van der Waals surface area (Å²) in [6.07, 6.45) is 1.90. The van der Waals surface area contributed by atoms with Crippen molar-refractivity contribution in [3.63, 3.8) is 0 Å². The van der Waals surface area contributed by atoms with Gasteiger partial charge in [-0.15, -0.1) is 56.7 Å². The molecular formula is C42H34O6S5. The van der Waals surface area contributed by atoms with E-state index < -0.39 is 17.9 Å². The molecule has 0 radical (unpaired) electrons. The van der Waals surface area contributed by atoms with Gasteiger partial charge in [0, 0.05) is 61.6 Å². The first-order valence-electron chi connectivity index (χ1n) is 17.0. The first-order chi connectivity index (χ1) is 25.6. The molecule has 0 aliphatic rings. The van der Waals surface area contributed by atoms with Crippen LogP contribution >= 0.6 is 56.7 Å². The molecule has 268 valence electrons. The monoisotopic (exact) mass is 794 g/mol. The summed E-state index contributed by atoms with van der Waals surface area (Å²) in [4.78, 5) is 45.3. The Balaban J connectivity index is 1.19. The number of benzene rings is 2. The normalized spacial score (nSPS) is 11.3. The number of hydrogen-bond donors (Lipinski definition) is 3. The highest BCUT2D eigenvalue weighted by Gasteiger charge is 2.20. The molecule has 0 spiro atoms. The van der Waals surface area contributed by atoms with Crippen LogP contribution in [0, 0.1) is 0 Å². The molecule has 2 aromatic carbocycles. The van der Waals surface area contributed by atoms with Crippen LogP contribution in [0.15, 0.2) is 97.1 Å². The third kappa shape index (κ3) is 8.61. The van der Waals surface area contributed by atoms with E-state index in [0.717, 1.165) is 72.6 Å². The van der Waals surface area contributed by atoms with E-state index in [0.29, 0.717) is 12.8 Å². The Morgan fingerprint density at radius 2 is 0.849 bits per heavy atom. The van der Waals surface area contributed by atoms with Crippen LogP contribution in [-0.2, 0) is 40.1 Å². The molecule has 0 amide bonds. The van der Waals surface area contributed by atoms with E-state index in [1.807, 2.05) is 24.3 Å². The number of carboxylic acids is 3. The molecule has 0 unspecified atom stereocenters. The Hall–Kier alpha value is -4.65. The number of carboxylic acid groups (broad SMARTS) is 3. The van der Waals surface area contributed by atoms with Crippen molar-refractivity contribution in [3.8, 4) is 59.9 Å². The van der Waals surface area contributed by atoms with Crippen molar-refractivity contribution < 1.29 is 29.7 Å². The lowest BCUT2D eigenvalue weighted by molar-refractivity contribution is -0.138. The molecule has 7 rings (SSSR count). The highest BCUT2D eigenvalue weighted by atomic mass is 32.1. The molecule has 5 heterocycles. The first kappa shape index (κ1) is 36.7. The van der Waals surface area contributed by atoms with Gasteiger partial charge in [0.25, 0.3) is 0 Å². The zero-order valence-electron chi connectivity index (χ0n) is 28.6. The lowest BCUT2D eigenvalue weighted by Crippen LogP contribution is -1.99. The van der Waals surface area contributed by atoms with Crippen molar-refractivity contribution in [2.45, 2.75) is 45.4 Å². The predicted octanol–water partition coefficient (Wildman–Crippen LogP) is 12.2. The number of carbonyl (C=O) groups is 3. The second kappa shape index (κ2) is 16.2. The zero-order chi connectivity index (χ0) is 37.1. The van der Waals surface area contributed by atoms with Crippen LogP contribution in [0.3, 0.4) is 0 Å². The molecule has 7 aromatic rings. The van der Waals surface area contributed by atoms with Gasteiger partial charge < -0.3 is 15.3 Å². The van der Waals surface area contributed by atoms with Crippen LogP contribution in [0.2, 0.25) is 0 Å². The molecule has 3 N–H and O–H groups in total. The molecule has 6 nitrogen and oxygen atoms in total. The van der Waals surface area contributed by atoms with E-state index in [1.54, 1.807) is 56.7 Å². The summed E-state index contributed by atoms with van der Waals surface area (Å²) in [6.45, 7) is 2.15. The molecule has 0 aliphatic carbocycles. The fraction of sp³-hybridized carbons (Fsp3) is 0.167. The van der Waals surface area contributed by atoms with Crippen molar-refractivity contribution in [1.29, 1.82) is 0 Å². The molecule has 5 aromatic heterocycles. The van der Waals surface area contributed by atoms with Crippen LogP contribution in [0.4, 0.5) is 0 Å². The van der Waals surface area contributed by atoms with Crippen molar-refractivity contribution in [1.82, 2.24) is 0 Å². The largest absolute Gasteiger partial charge is 0.481 e. The quantitative estimate of drug-likeness (QED) is 0.0953. The van der Waals surface area contributed by atoms with Gasteiger partial charge in [-0.05, 0) is 101 Å². The molecular weight excluding hydrogens is 761 g/mol. The van der Waals surface area contributed by atoms with E-state index in [4.69, 9.17) is 5.11 Å². The van der Waals surface area contributed by atoms with Crippen molar-refractivity contribution >= 4 is 74.6 Å². The third-order valence-electron chi connectivity index (χ3n) is 8.83. The Bertz CT molecular complexity index is 2400. The highest BCUT2D eigenvalue weighted by Crippen LogP contribution is 2.49. The Labute approximate surface area is 326 Å². The third-order valence-corrected chi connectivity index (χ3v) is 15.3. The smallest absolute Gasteiger partial charge is 0.307 e. The zero-order valence-corrected chi connectivity index (χ0v) is 32.7. The minimum Gasteiger partial charge on any atom is -0.481 e. The number of thiophene rings is 5. The summed E-state index contributed by atoms with van der Waals surface area (Å²) < 4.78 is 0. The van der Waals surface area contributed by atoms with Crippen molar-refractivity contribution in [2.75, 3.05) is 0 Å². The molecule has 0 saturated heterocycles. The van der Waals surface area contributed by atoms with Crippen LogP contribution < -0.4 is 0 Å². The first-order valence-corrected chi connectivity index (χ1v) is 21.1. The van der Waals surface area contributed by atoms with Crippen LogP contribution in [0.25, 0.3) is 59.9 Å². The summed E-state index contributed by atoms with van der Waals surface area (Å²) >= 11 is 8.40. The second-order valence-corrected chi connectivity index (χ2v) is 17.9. The van der Waals surface area contributed by atoms with Gasteiger partial charge in [0.05, 0.1) is 6.42 Å². The Kier molecular flexibility index (Phi) is 11.2. The minimum absolute atomic E-state index is 0.0150. The van der Waals surface area contributed by atoms with Crippen LogP contribution in [-0.4, -0.2) is 33.2 Å². The number of aryl methyl sites for hydroxylation is 3. The molecule has 11 heteroatoms. The van der Waals surface area contributed by atoms with Crippen LogP contribution in [0.1, 0.15) is 42.0 Å². The molecule has 53 heavy (non-hydrogen) atoms. The van der Waals surface area contributed by atoms with Crippen LogP contribution in [0.5, 0.6) is 0 Å². The number of aliphatic carboxylic acids is 3. The summed E-state index contributed by atoms with van der Waals surface area (Å²) in [7, 11) is 0. The van der Waals surface area contributed by atoms with Gasteiger partial charge in [0.2, 0.25) is 0 Å². The highest BCUT2D eigenvalue weighted by molar-refractivity contribution is 7.30. The van der Waals surface area contributed by atoms with Gasteiger partial charge in [0.1, 0.15) is 0 Å². The van der Waals surface area contributed by atoms with Crippen molar-refractivity contribution in [3.05, 3.63) is 119 Å². The van der Waals surface area contributed by atoms with Gasteiger partial charge in [-0.1, -0.05) is 55.5 Å². The number of rotatable bonds is 15. The lowest BCUT2D eigenvalue weighted by atomic mass is 10.1. The molecule has 0 atom stereocenters.